The number of anilines is 3. The van der Waals surface area contributed by atoms with Gasteiger partial charge in [-0.25, -0.2) is 0 Å². The van der Waals surface area contributed by atoms with E-state index in [9.17, 15) is 10.1 Å². The topological polar surface area (TPSA) is 119 Å². The van der Waals surface area contributed by atoms with Crippen LogP contribution < -0.4 is 16.0 Å². The molecule has 1 aromatic heterocycles. The minimum atomic E-state index is -0.564. The van der Waals surface area contributed by atoms with E-state index in [1.807, 2.05) is 35.2 Å². The Morgan fingerprint density at radius 3 is 2.62 bits per heavy atom. The molecule has 3 rings (SSSR count). The molecule has 0 spiro atoms. The number of morpholine rings is 1. The van der Waals surface area contributed by atoms with E-state index in [0.29, 0.717) is 38.8 Å². The second kappa shape index (κ2) is 7.09. The predicted octanol–water partition coefficient (Wildman–Crippen LogP) is 1.42. The molecule has 0 bridgehead atoms. The molecule has 1 aliphatic heterocycles. The Hall–Kier alpha value is -2.94. The number of hydrogen-bond donors (Lipinski definition) is 2. The maximum Gasteiger partial charge on any atom is 0.353 e. The highest BCUT2D eigenvalue weighted by Gasteiger charge is 2.25. The highest BCUT2D eigenvalue weighted by molar-refractivity contribution is 5.70. The molecule has 2 heterocycles. The average Bonchev–Trinajstić information content (AvgIpc) is 2.60. The maximum absolute atomic E-state index is 11.3. The fourth-order valence-electron chi connectivity index (χ4n) is 2.45. The minimum Gasteiger partial charge on any atom is -0.378 e. The zero-order valence-electron chi connectivity index (χ0n) is 13.0. The highest BCUT2D eigenvalue weighted by atomic mass is 16.6. The van der Waals surface area contributed by atoms with Crippen LogP contribution in [0.1, 0.15) is 5.56 Å². The van der Waals surface area contributed by atoms with Crippen molar-refractivity contribution in [2.75, 3.05) is 42.3 Å². The van der Waals surface area contributed by atoms with Gasteiger partial charge in [-0.15, -0.1) is 0 Å². The summed E-state index contributed by atoms with van der Waals surface area (Å²) in [5, 5.41) is 14.3. The van der Waals surface area contributed by atoms with Crippen LogP contribution >= 0.6 is 0 Å². The number of nitrogens with one attached hydrogen (secondary N) is 1. The smallest absolute Gasteiger partial charge is 0.353 e. The maximum atomic E-state index is 11.3. The molecule has 0 unspecified atom stereocenters. The lowest BCUT2D eigenvalue weighted by molar-refractivity contribution is -0.383. The van der Waals surface area contributed by atoms with Crippen molar-refractivity contribution >= 4 is 23.3 Å². The lowest BCUT2D eigenvalue weighted by Crippen LogP contribution is -2.37. The van der Waals surface area contributed by atoms with Gasteiger partial charge in [-0.1, -0.05) is 30.3 Å². The molecule has 0 amide bonds. The van der Waals surface area contributed by atoms with E-state index in [-0.39, 0.29) is 17.3 Å². The van der Waals surface area contributed by atoms with Crippen molar-refractivity contribution in [2.45, 2.75) is 6.54 Å². The van der Waals surface area contributed by atoms with Crippen molar-refractivity contribution in [1.29, 1.82) is 0 Å². The molecule has 126 valence electrons. The van der Waals surface area contributed by atoms with Crippen molar-refractivity contribution in [3.63, 3.8) is 0 Å². The van der Waals surface area contributed by atoms with Crippen molar-refractivity contribution in [3.8, 4) is 0 Å². The summed E-state index contributed by atoms with van der Waals surface area (Å²) in [5.74, 6) is 0.349. The molecule has 3 N–H and O–H groups in total. The van der Waals surface area contributed by atoms with Crippen molar-refractivity contribution in [2.24, 2.45) is 0 Å². The Morgan fingerprint density at radius 2 is 1.96 bits per heavy atom. The number of nitrogen functional groups attached to an aromatic ring is 1. The summed E-state index contributed by atoms with van der Waals surface area (Å²) >= 11 is 0. The molecule has 0 aliphatic carbocycles. The van der Waals surface area contributed by atoms with Gasteiger partial charge in [-0.05, 0) is 5.56 Å². The van der Waals surface area contributed by atoms with Gasteiger partial charge in [0, 0.05) is 19.6 Å². The first-order valence-electron chi connectivity index (χ1n) is 7.57. The molecule has 0 radical (unpaired) electrons. The molecule has 1 aromatic carbocycles. The molecule has 24 heavy (non-hydrogen) atoms. The molecule has 1 saturated heterocycles. The van der Waals surface area contributed by atoms with Crippen molar-refractivity contribution in [1.82, 2.24) is 9.97 Å². The molecule has 0 atom stereocenters. The van der Waals surface area contributed by atoms with Gasteiger partial charge in [-0.3, -0.25) is 10.1 Å². The number of nitrogens with two attached hydrogens (primary N) is 1. The summed E-state index contributed by atoms with van der Waals surface area (Å²) in [5.41, 5.74) is 6.49. The highest BCUT2D eigenvalue weighted by Crippen LogP contribution is 2.30. The van der Waals surface area contributed by atoms with Gasteiger partial charge < -0.3 is 20.7 Å². The first-order chi connectivity index (χ1) is 11.6. The van der Waals surface area contributed by atoms with Gasteiger partial charge in [0.2, 0.25) is 17.6 Å². The molecule has 1 fully saturated rings. The van der Waals surface area contributed by atoms with Gasteiger partial charge in [0.25, 0.3) is 0 Å². The Kier molecular flexibility index (Phi) is 4.71. The quantitative estimate of drug-likeness (QED) is 0.624. The lowest BCUT2D eigenvalue weighted by Gasteiger charge is -2.27. The van der Waals surface area contributed by atoms with Crippen LogP contribution in [-0.2, 0) is 11.3 Å². The van der Waals surface area contributed by atoms with E-state index in [1.165, 1.54) is 0 Å². The second-order valence-electron chi connectivity index (χ2n) is 5.30. The Bertz CT molecular complexity index is 719. The van der Waals surface area contributed by atoms with E-state index < -0.39 is 4.92 Å². The monoisotopic (exact) mass is 330 g/mol. The molecule has 9 heteroatoms. The summed E-state index contributed by atoms with van der Waals surface area (Å²) in [6.45, 7) is 2.77. The summed E-state index contributed by atoms with van der Waals surface area (Å²) in [6.07, 6.45) is 0. The second-order valence-corrected chi connectivity index (χ2v) is 5.30. The van der Waals surface area contributed by atoms with E-state index in [1.54, 1.807) is 0 Å². The van der Waals surface area contributed by atoms with Crippen LogP contribution in [0.5, 0.6) is 0 Å². The zero-order chi connectivity index (χ0) is 16.9. The van der Waals surface area contributed by atoms with Crippen LogP contribution in [-0.4, -0.2) is 41.2 Å². The molecular weight excluding hydrogens is 312 g/mol. The van der Waals surface area contributed by atoms with Crippen LogP contribution in [0, 0.1) is 10.1 Å². The zero-order valence-corrected chi connectivity index (χ0v) is 13.0. The number of nitro groups is 1. The first kappa shape index (κ1) is 15.9. The van der Waals surface area contributed by atoms with Crippen LogP contribution in [0.2, 0.25) is 0 Å². The van der Waals surface area contributed by atoms with Gasteiger partial charge >= 0.3 is 5.69 Å². The normalized spacial score (nSPS) is 14.4. The lowest BCUT2D eigenvalue weighted by atomic mass is 10.2. The largest absolute Gasteiger partial charge is 0.378 e. The third-order valence-corrected chi connectivity index (χ3v) is 3.68. The summed E-state index contributed by atoms with van der Waals surface area (Å²) < 4.78 is 5.30. The molecule has 0 saturated carbocycles. The summed E-state index contributed by atoms with van der Waals surface area (Å²) in [6, 6.07) is 9.56. The number of rotatable bonds is 5. The standard InChI is InChI=1S/C15H18N6O3/c16-13-12(21(22)23)14(17-10-11-4-2-1-3-5-11)19-15(18-13)20-6-8-24-9-7-20/h1-5H,6-10H2,(H3,16,17,18,19). The molecule has 1 aliphatic rings. The summed E-state index contributed by atoms with van der Waals surface area (Å²) in [7, 11) is 0. The van der Waals surface area contributed by atoms with Gasteiger partial charge in [0.1, 0.15) is 0 Å². The molecule has 9 nitrogen and oxygen atoms in total. The number of nitrogens with zero attached hydrogens (tertiary/aromatic N) is 4. The van der Waals surface area contributed by atoms with Gasteiger partial charge in [0.05, 0.1) is 18.1 Å². The Labute approximate surface area is 138 Å². The first-order valence-corrected chi connectivity index (χ1v) is 7.57. The number of hydrogen-bond acceptors (Lipinski definition) is 8. The molecular formula is C15H18N6O3. The average molecular weight is 330 g/mol. The number of ether oxygens (including phenoxy) is 1. The van der Waals surface area contributed by atoms with E-state index in [4.69, 9.17) is 10.5 Å². The number of benzene rings is 1. The van der Waals surface area contributed by atoms with Crippen LogP contribution in [0.15, 0.2) is 30.3 Å². The van der Waals surface area contributed by atoms with E-state index in [0.717, 1.165) is 5.56 Å². The van der Waals surface area contributed by atoms with Gasteiger partial charge in [0.15, 0.2) is 0 Å². The third-order valence-electron chi connectivity index (χ3n) is 3.68. The fraction of sp³-hybridized carbons (Fsp3) is 0.333. The van der Waals surface area contributed by atoms with Crippen LogP contribution in [0.25, 0.3) is 0 Å². The Balaban J connectivity index is 1.88. The van der Waals surface area contributed by atoms with Crippen LogP contribution in [0.4, 0.5) is 23.3 Å². The van der Waals surface area contributed by atoms with E-state index >= 15 is 0 Å². The van der Waals surface area contributed by atoms with Crippen LogP contribution in [0.3, 0.4) is 0 Å². The predicted molar refractivity (Wildman–Crippen MR) is 89.9 cm³/mol. The van der Waals surface area contributed by atoms with E-state index in [2.05, 4.69) is 15.3 Å². The SMILES string of the molecule is Nc1nc(N2CCOCC2)nc(NCc2ccccc2)c1[N+](=O)[O-]. The minimum absolute atomic E-state index is 0.123. The number of aromatic nitrogens is 2. The third kappa shape index (κ3) is 3.51. The van der Waals surface area contributed by atoms with Crippen molar-refractivity contribution < 1.29 is 9.66 Å². The van der Waals surface area contributed by atoms with Crippen molar-refractivity contribution in [3.05, 3.63) is 46.0 Å². The fourth-order valence-corrected chi connectivity index (χ4v) is 2.45. The Morgan fingerprint density at radius 1 is 1.25 bits per heavy atom. The van der Waals surface area contributed by atoms with Gasteiger partial charge in [-0.2, -0.15) is 9.97 Å². The molecule has 2 aromatic rings. The summed E-state index contributed by atoms with van der Waals surface area (Å²) in [4.78, 5) is 21.1.